The van der Waals surface area contributed by atoms with Gasteiger partial charge < -0.3 is 9.73 Å². The highest BCUT2D eigenvalue weighted by Gasteiger charge is 2.33. The number of para-hydroxylation sites is 1. The number of anilines is 1. The maximum atomic E-state index is 12.9. The number of alkyl halides is 3. The minimum atomic E-state index is -4.48. The Morgan fingerprint density at radius 1 is 1.19 bits per heavy atom. The highest BCUT2D eigenvalue weighted by molar-refractivity contribution is 5.56. The van der Waals surface area contributed by atoms with Crippen LogP contribution in [0, 0.1) is 11.3 Å². The molecule has 0 fully saturated rings. The maximum Gasteiger partial charge on any atom is 0.418 e. The third kappa shape index (κ3) is 3.89. The van der Waals surface area contributed by atoms with Gasteiger partial charge >= 0.3 is 6.18 Å². The van der Waals surface area contributed by atoms with E-state index in [4.69, 9.17) is 9.68 Å². The first-order valence-electron chi connectivity index (χ1n) is 6.05. The van der Waals surface area contributed by atoms with Crippen LogP contribution in [-0.2, 0) is 6.18 Å². The summed E-state index contributed by atoms with van der Waals surface area (Å²) in [6.45, 7) is 0. The number of nitrogens with one attached hydrogen (secondary N) is 1. The number of benzene rings is 1. The molecular weight excluding hydrogens is 281 g/mol. The molecule has 1 N–H and O–H groups in total. The van der Waals surface area contributed by atoms with Crippen LogP contribution in [0.4, 0.5) is 18.9 Å². The lowest BCUT2D eigenvalue weighted by atomic mass is 10.1. The SMILES string of the molecule is N#CC(/C=C/c1ccco1)Nc1ccccc1C(F)(F)F. The first-order valence-corrected chi connectivity index (χ1v) is 6.05. The summed E-state index contributed by atoms with van der Waals surface area (Å²) in [5, 5.41) is 11.6. The zero-order chi connectivity index (χ0) is 15.3. The molecule has 1 unspecified atom stereocenters. The van der Waals surface area contributed by atoms with Crippen molar-refractivity contribution in [2.75, 3.05) is 5.32 Å². The van der Waals surface area contributed by atoms with Crippen molar-refractivity contribution in [1.82, 2.24) is 0 Å². The standard InChI is InChI=1S/C15H11F3N2O/c16-15(17,18)13-5-1-2-6-14(13)20-11(10-19)7-8-12-4-3-9-21-12/h1-9,11,20H/b8-7+. The molecule has 2 aromatic rings. The van der Waals surface area contributed by atoms with Crippen molar-refractivity contribution in [1.29, 1.82) is 5.26 Å². The Kier molecular flexibility index (Phi) is 4.33. The summed E-state index contributed by atoms with van der Waals surface area (Å²) in [7, 11) is 0. The van der Waals surface area contributed by atoms with Gasteiger partial charge in [0.25, 0.3) is 0 Å². The van der Waals surface area contributed by atoms with Crippen molar-refractivity contribution in [3.8, 4) is 6.07 Å². The second kappa shape index (κ2) is 6.18. The monoisotopic (exact) mass is 292 g/mol. The fourth-order valence-corrected chi connectivity index (χ4v) is 1.72. The summed E-state index contributed by atoms with van der Waals surface area (Å²) in [6, 6.07) is 9.35. The molecule has 1 aromatic heterocycles. The average Bonchev–Trinajstić information content (AvgIpc) is 2.96. The number of halogens is 3. The van der Waals surface area contributed by atoms with Crippen LogP contribution in [0.3, 0.4) is 0 Å². The number of furan rings is 1. The maximum absolute atomic E-state index is 12.9. The molecule has 0 saturated carbocycles. The molecule has 0 spiro atoms. The van der Waals surface area contributed by atoms with Gasteiger partial charge in [0.2, 0.25) is 0 Å². The van der Waals surface area contributed by atoms with E-state index in [1.807, 2.05) is 6.07 Å². The van der Waals surface area contributed by atoms with Crippen molar-refractivity contribution in [3.63, 3.8) is 0 Å². The van der Waals surface area contributed by atoms with Crippen LogP contribution in [0.5, 0.6) is 0 Å². The van der Waals surface area contributed by atoms with Crippen LogP contribution in [0.2, 0.25) is 0 Å². The van der Waals surface area contributed by atoms with Gasteiger partial charge in [-0.25, -0.2) is 0 Å². The topological polar surface area (TPSA) is 49.0 Å². The molecule has 3 nitrogen and oxygen atoms in total. The van der Waals surface area contributed by atoms with Gasteiger partial charge in [-0.3, -0.25) is 0 Å². The molecule has 1 aromatic carbocycles. The molecule has 0 radical (unpaired) electrons. The average molecular weight is 292 g/mol. The molecule has 6 heteroatoms. The molecule has 0 amide bonds. The second-order valence-corrected chi connectivity index (χ2v) is 4.17. The Morgan fingerprint density at radius 2 is 1.95 bits per heavy atom. The zero-order valence-corrected chi connectivity index (χ0v) is 10.8. The summed E-state index contributed by atoms with van der Waals surface area (Å²) in [5.74, 6) is 0.515. The van der Waals surface area contributed by atoms with Gasteiger partial charge in [-0.05, 0) is 36.4 Å². The van der Waals surface area contributed by atoms with Crippen molar-refractivity contribution < 1.29 is 17.6 Å². The minimum absolute atomic E-state index is 0.138. The smallest absolute Gasteiger partial charge is 0.418 e. The number of nitrogens with zero attached hydrogens (tertiary/aromatic N) is 1. The van der Waals surface area contributed by atoms with Gasteiger partial charge in [-0.2, -0.15) is 18.4 Å². The van der Waals surface area contributed by atoms with Crippen molar-refractivity contribution in [2.45, 2.75) is 12.2 Å². The number of nitriles is 1. The molecule has 0 aliphatic rings. The lowest BCUT2D eigenvalue weighted by Gasteiger charge is -2.15. The fraction of sp³-hybridized carbons (Fsp3) is 0.133. The van der Waals surface area contributed by atoms with Gasteiger partial charge in [0, 0.05) is 5.69 Å². The Morgan fingerprint density at radius 3 is 2.57 bits per heavy atom. The van der Waals surface area contributed by atoms with E-state index in [0.29, 0.717) is 5.76 Å². The molecule has 21 heavy (non-hydrogen) atoms. The van der Waals surface area contributed by atoms with Crippen molar-refractivity contribution in [3.05, 3.63) is 60.1 Å². The highest BCUT2D eigenvalue weighted by atomic mass is 19.4. The Hall–Kier alpha value is -2.68. The van der Waals surface area contributed by atoms with E-state index in [0.717, 1.165) is 6.07 Å². The van der Waals surface area contributed by atoms with E-state index in [1.54, 1.807) is 12.1 Å². The largest absolute Gasteiger partial charge is 0.465 e. The molecule has 0 saturated heterocycles. The summed E-state index contributed by atoms with van der Waals surface area (Å²) in [6.07, 6.45) is -0.0508. The van der Waals surface area contributed by atoms with Crippen LogP contribution >= 0.6 is 0 Å². The lowest BCUT2D eigenvalue weighted by molar-refractivity contribution is -0.136. The van der Waals surface area contributed by atoms with Gasteiger partial charge in [0.1, 0.15) is 11.8 Å². The predicted octanol–water partition coefficient (Wildman–Crippen LogP) is 4.32. The first kappa shape index (κ1) is 14.7. The summed E-state index contributed by atoms with van der Waals surface area (Å²) in [5.41, 5.74) is -0.947. The molecule has 0 aliphatic carbocycles. The van der Waals surface area contributed by atoms with E-state index in [-0.39, 0.29) is 5.69 Å². The second-order valence-electron chi connectivity index (χ2n) is 4.17. The number of hydrogen-bond donors (Lipinski definition) is 1. The molecular formula is C15H11F3N2O. The molecule has 0 aliphatic heterocycles. The molecule has 1 atom stereocenters. The Labute approximate surface area is 119 Å². The van der Waals surface area contributed by atoms with E-state index < -0.39 is 17.8 Å². The lowest BCUT2D eigenvalue weighted by Crippen LogP contribution is -2.18. The van der Waals surface area contributed by atoms with Crippen molar-refractivity contribution in [2.24, 2.45) is 0 Å². The molecule has 2 rings (SSSR count). The van der Waals surface area contributed by atoms with Gasteiger partial charge in [-0.1, -0.05) is 12.1 Å². The normalized spacial score (nSPS) is 13.0. The van der Waals surface area contributed by atoms with Gasteiger partial charge in [-0.15, -0.1) is 0 Å². The van der Waals surface area contributed by atoms with Crippen molar-refractivity contribution >= 4 is 11.8 Å². The Balaban J connectivity index is 2.18. The number of hydrogen-bond acceptors (Lipinski definition) is 3. The summed E-state index contributed by atoms with van der Waals surface area (Å²) < 4.78 is 43.6. The first-order chi connectivity index (χ1) is 10.0. The third-order valence-electron chi connectivity index (χ3n) is 2.68. The minimum Gasteiger partial charge on any atom is -0.465 e. The van der Waals surface area contributed by atoms with Crippen LogP contribution in [0.1, 0.15) is 11.3 Å². The van der Waals surface area contributed by atoms with Gasteiger partial charge in [0.05, 0.1) is 17.9 Å². The summed E-state index contributed by atoms with van der Waals surface area (Å²) >= 11 is 0. The van der Waals surface area contributed by atoms with Crippen LogP contribution in [0.15, 0.2) is 53.2 Å². The van der Waals surface area contributed by atoms with E-state index in [2.05, 4.69) is 5.32 Å². The number of rotatable bonds is 4. The summed E-state index contributed by atoms with van der Waals surface area (Å²) in [4.78, 5) is 0. The van der Waals surface area contributed by atoms with E-state index >= 15 is 0 Å². The zero-order valence-electron chi connectivity index (χ0n) is 10.8. The van der Waals surface area contributed by atoms with Gasteiger partial charge in [0.15, 0.2) is 0 Å². The molecule has 1 heterocycles. The molecule has 0 bridgehead atoms. The fourth-order valence-electron chi connectivity index (χ4n) is 1.72. The highest BCUT2D eigenvalue weighted by Crippen LogP contribution is 2.34. The quantitative estimate of drug-likeness (QED) is 0.913. The third-order valence-corrected chi connectivity index (χ3v) is 2.68. The van der Waals surface area contributed by atoms with E-state index in [9.17, 15) is 13.2 Å². The van der Waals surface area contributed by atoms with E-state index in [1.165, 1.54) is 36.6 Å². The predicted molar refractivity (Wildman–Crippen MR) is 72.2 cm³/mol. The van der Waals surface area contributed by atoms with Crippen LogP contribution in [0.25, 0.3) is 6.08 Å². The van der Waals surface area contributed by atoms with Crippen LogP contribution < -0.4 is 5.32 Å². The Bertz CT molecular complexity index is 654. The molecule has 108 valence electrons. The van der Waals surface area contributed by atoms with Crippen LogP contribution in [-0.4, -0.2) is 6.04 Å².